The van der Waals surface area contributed by atoms with E-state index in [1.54, 1.807) is 18.2 Å². The molecule has 0 unspecified atom stereocenters. The topological polar surface area (TPSA) is 148 Å². The molecule has 0 bridgehead atoms. The second-order valence-corrected chi connectivity index (χ2v) is 11.2. The van der Waals surface area contributed by atoms with Gasteiger partial charge in [-0.2, -0.15) is 5.26 Å². The predicted octanol–water partition coefficient (Wildman–Crippen LogP) is 3.61. The van der Waals surface area contributed by atoms with Gasteiger partial charge in [0, 0.05) is 12.3 Å². The molecule has 0 aromatic carbocycles. The minimum absolute atomic E-state index is 0.0936. The Hall–Kier alpha value is -2.21. The largest absolute Gasteiger partial charge is 0.481 e. The summed E-state index contributed by atoms with van der Waals surface area (Å²) in [4.78, 5) is 24.6. The number of aliphatic hydroxyl groups excluding tert-OH is 3. The zero-order valence-electron chi connectivity index (χ0n) is 21.9. The first-order valence-electron chi connectivity index (χ1n) is 13.2. The van der Waals surface area contributed by atoms with Gasteiger partial charge in [0.1, 0.15) is 6.10 Å². The highest BCUT2D eigenvalue weighted by Gasteiger charge is 2.43. The van der Waals surface area contributed by atoms with Crippen LogP contribution in [-0.4, -0.2) is 56.8 Å². The standard InChI is InChI=1S/C28H43NO7/c1-16-9-17(2)11-19(4)27(33)20(15-29)7-5-6-8-25(22-12-21(30)13-23(22)28(34)35)36-26(32)14-24(31)18(3)10-16/h5-7,16-19,21-25,27,30-31,33H,8-14H2,1-4H3,(H,34,35)/b6-5+,20-7-/t16-,17+,18-,19-,21-,22+,23+,24-,25-,27+/m0/s1. The number of carbonyl (C=O) groups is 2. The maximum atomic E-state index is 12.8. The molecule has 0 aromatic rings. The lowest BCUT2D eigenvalue weighted by molar-refractivity contribution is -0.159. The molecule has 0 aromatic heterocycles. The molecule has 10 atom stereocenters. The van der Waals surface area contributed by atoms with Crippen LogP contribution in [0.5, 0.6) is 0 Å². The van der Waals surface area contributed by atoms with Gasteiger partial charge >= 0.3 is 11.9 Å². The summed E-state index contributed by atoms with van der Waals surface area (Å²) in [6.07, 6.45) is 4.14. The number of ether oxygens (including phenoxy) is 1. The van der Waals surface area contributed by atoms with Crippen molar-refractivity contribution >= 4 is 11.9 Å². The average molecular weight is 506 g/mol. The van der Waals surface area contributed by atoms with Gasteiger partial charge in [0.2, 0.25) is 0 Å². The first-order valence-corrected chi connectivity index (χ1v) is 13.2. The van der Waals surface area contributed by atoms with Crippen molar-refractivity contribution in [3.05, 3.63) is 23.8 Å². The lowest BCUT2D eigenvalue weighted by Crippen LogP contribution is -2.34. The Morgan fingerprint density at radius 2 is 1.64 bits per heavy atom. The van der Waals surface area contributed by atoms with E-state index in [4.69, 9.17) is 4.74 Å². The number of hydrogen-bond acceptors (Lipinski definition) is 7. The van der Waals surface area contributed by atoms with E-state index in [0.29, 0.717) is 11.8 Å². The molecule has 4 N–H and O–H groups in total. The van der Waals surface area contributed by atoms with Crippen molar-refractivity contribution in [1.82, 2.24) is 0 Å². The second-order valence-electron chi connectivity index (χ2n) is 11.2. The zero-order chi connectivity index (χ0) is 27.0. The minimum atomic E-state index is -1.04. The lowest BCUT2D eigenvalue weighted by Gasteiger charge is -2.28. The van der Waals surface area contributed by atoms with Crippen LogP contribution in [0.15, 0.2) is 23.8 Å². The third-order valence-corrected chi connectivity index (χ3v) is 7.82. The van der Waals surface area contributed by atoms with Crippen LogP contribution in [0.2, 0.25) is 0 Å². The van der Waals surface area contributed by atoms with Gasteiger partial charge in [0.05, 0.1) is 42.3 Å². The number of hydrogen-bond donors (Lipinski definition) is 4. The number of nitriles is 1. The molecule has 0 saturated heterocycles. The highest BCUT2D eigenvalue weighted by atomic mass is 16.5. The number of carboxylic acids is 1. The Bertz CT molecular complexity index is 847. The fourth-order valence-electron chi connectivity index (χ4n) is 5.96. The maximum Gasteiger partial charge on any atom is 0.308 e. The third kappa shape index (κ3) is 8.72. The molecule has 0 radical (unpaired) electrons. The molecule has 8 heteroatoms. The number of rotatable bonds is 2. The molecule has 1 aliphatic carbocycles. The summed E-state index contributed by atoms with van der Waals surface area (Å²) in [5.74, 6) is -2.69. The smallest absolute Gasteiger partial charge is 0.308 e. The molecule has 1 fully saturated rings. The van der Waals surface area contributed by atoms with E-state index in [-0.39, 0.29) is 43.1 Å². The highest BCUT2D eigenvalue weighted by molar-refractivity contribution is 5.72. The van der Waals surface area contributed by atoms with E-state index in [9.17, 15) is 35.3 Å². The summed E-state index contributed by atoms with van der Waals surface area (Å²) < 4.78 is 5.70. The van der Waals surface area contributed by atoms with Crippen molar-refractivity contribution in [3.63, 3.8) is 0 Å². The predicted molar refractivity (Wildman–Crippen MR) is 134 cm³/mol. The van der Waals surface area contributed by atoms with Gasteiger partial charge in [-0.05, 0) is 61.9 Å². The molecule has 2 rings (SSSR count). The summed E-state index contributed by atoms with van der Waals surface area (Å²) in [5, 5.41) is 50.8. The van der Waals surface area contributed by atoms with Gasteiger partial charge in [-0.1, -0.05) is 39.8 Å². The molecular formula is C28H43NO7. The molecule has 8 nitrogen and oxygen atoms in total. The molecule has 36 heavy (non-hydrogen) atoms. The number of nitrogens with zero attached hydrogens (tertiary/aromatic N) is 1. The van der Waals surface area contributed by atoms with Crippen LogP contribution in [0.4, 0.5) is 0 Å². The Morgan fingerprint density at radius 1 is 1.00 bits per heavy atom. The fraction of sp³-hybridized carbons (Fsp3) is 0.750. The van der Waals surface area contributed by atoms with Gasteiger partial charge in [-0.15, -0.1) is 0 Å². The minimum Gasteiger partial charge on any atom is -0.481 e. The number of aliphatic carboxylic acids is 1. The normalized spacial score (nSPS) is 42.2. The first kappa shape index (κ1) is 30.0. The van der Waals surface area contributed by atoms with Crippen molar-refractivity contribution < 1.29 is 34.8 Å². The van der Waals surface area contributed by atoms with Crippen LogP contribution in [0, 0.1) is 46.8 Å². The highest BCUT2D eigenvalue weighted by Crippen LogP contribution is 2.37. The quantitative estimate of drug-likeness (QED) is 0.416. The summed E-state index contributed by atoms with van der Waals surface area (Å²) in [6.45, 7) is 8.06. The Balaban J connectivity index is 2.33. The summed E-state index contributed by atoms with van der Waals surface area (Å²) in [7, 11) is 0. The van der Waals surface area contributed by atoms with Gasteiger partial charge < -0.3 is 25.2 Å². The van der Waals surface area contributed by atoms with Crippen LogP contribution in [-0.2, 0) is 14.3 Å². The van der Waals surface area contributed by atoms with Crippen molar-refractivity contribution in [2.24, 2.45) is 35.5 Å². The Labute approximate surface area is 214 Å². The van der Waals surface area contributed by atoms with Gasteiger partial charge in [0.25, 0.3) is 0 Å². The zero-order valence-corrected chi connectivity index (χ0v) is 21.9. The number of carbonyl (C=O) groups excluding carboxylic acids is 1. The molecule has 202 valence electrons. The van der Waals surface area contributed by atoms with Crippen molar-refractivity contribution in [2.75, 3.05) is 0 Å². The number of carboxylic acid groups (broad SMARTS) is 1. The van der Waals surface area contributed by atoms with Crippen LogP contribution in [0.3, 0.4) is 0 Å². The van der Waals surface area contributed by atoms with E-state index in [2.05, 4.69) is 19.9 Å². The summed E-state index contributed by atoms with van der Waals surface area (Å²) >= 11 is 0. The van der Waals surface area contributed by atoms with E-state index in [1.165, 1.54) is 0 Å². The van der Waals surface area contributed by atoms with Crippen LogP contribution < -0.4 is 0 Å². The van der Waals surface area contributed by atoms with Gasteiger partial charge in [-0.3, -0.25) is 9.59 Å². The number of esters is 1. The van der Waals surface area contributed by atoms with Crippen LogP contribution in [0.1, 0.15) is 72.6 Å². The number of aliphatic hydroxyl groups is 3. The van der Waals surface area contributed by atoms with Crippen molar-refractivity contribution in [1.29, 1.82) is 5.26 Å². The van der Waals surface area contributed by atoms with E-state index in [0.717, 1.165) is 19.3 Å². The summed E-state index contributed by atoms with van der Waals surface area (Å²) in [5.41, 5.74) is 0.241. The number of allylic oxidation sites excluding steroid dienone is 2. The van der Waals surface area contributed by atoms with Gasteiger partial charge in [-0.25, -0.2) is 0 Å². The van der Waals surface area contributed by atoms with Crippen LogP contribution >= 0.6 is 0 Å². The third-order valence-electron chi connectivity index (χ3n) is 7.82. The van der Waals surface area contributed by atoms with Crippen molar-refractivity contribution in [2.45, 2.75) is 97.1 Å². The molecule has 1 saturated carbocycles. The summed E-state index contributed by atoms with van der Waals surface area (Å²) in [6, 6.07) is 2.08. The Morgan fingerprint density at radius 3 is 2.25 bits per heavy atom. The molecule has 1 aliphatic heterocycles. The molecule has 1 heterocycles. The van der Waals surface area contributed by atoms with E-state index in [1.807, 2.05) is 13.8 Å². The van der Waals surface area contributed by atoms with Crippen LogP contribution in [0.25, 0.3) is 0 Å². The van der Waals surface area contributed by atoms with E-state index >= 15 is 0 Å². The molecular weight excluding hydrogens is 462 g/mol. The van der Waals surface area contributed by atoms with E-state index < -0.39 is 48.2 Å². The number of cyclic esters (lactones) is 1. The molecule has 0 amide bonds. The fourth-order valence-corrected chi connectivity index (χ4v) is 5.96. The van der Waals surface area contributed by atoms with Gasteiger partial charge in [0.15, 0.2) is 0 Å². The SMILES string of the molecule is C[C@@H]1C[C@H](C)C[C@H](C)[C@@H](O)CC(=O)O[C@H]([C@@H]2C[C@H](O)C[C@H]2C(=O)O)C/C=C/C=C(/C#N)[C@H](O)[C@@H](C)C1. The maximum absolute atomic E-state index is 12.8. The monoisotopic (exact) mass is 505 g/mol. The average Bonchev–Trinajstić information content (AvgIpc) is 3.18. The van der Waals surface area contributed by atoms with Crippen molar-refractivity contribution in [3.8, 4) is 6.07 Å². The lowest BCUT2D eigenvalue weighted by atomic mass is 9.82. The Kier molecular flexibility index (Phi) is 11.6. The molecule has 2 aliphatic rings. The molecule has 0 spiro atoms. The second kappa shape index (κ2) is 13.9. The first-order chi connectivity index (χ1) is 16.9.